The predicted molar refractivity (Wildman–Crippen MR) is 86.4 cm³/mol. The van der Waals surface area contributed by atoms with E-state index in [9.17, 15) is 4.79 Å². The molecule has 3 nitrogen and oxygen atoms in total. The molecule has 2 N–H and O–H groups in total. The van der Waals surface area contributed by atoms with E-state index in [1.165, 1.54) is 5.56 Å². The van der Waals surface area contributed by atoms with Gasteiger partial charge in [0.15, 0.2) is 0 Å². The molecular formula is C18H22N2O. The second kappa shape index (κ2) is 5.49. The Labute approximate surface area is 125 Å². The van der Waals surface area contributed by atoms with Crippen molar-refractivity contribution < 1.29 is 0 Å². The van der Waals surface area contributed by atoms with E-state index in [0.29, 0.717) is 12.6 Å². The Hall–Kier alpha value is -1.87. The molecule has 0 amide bonds. The van der Waals surface area contributed by atoms with Crippen molar-refractivity contribution in [2.45, 2.75) is 45.7 Å². The molecule has 0 saturated heterocycles. The van der Waals surface area contributed by atoms with Gasteiger partial charge in [-0.2, -0.15) is 0 Å². The maximum Gasteiger partial charge on any atom is 0.256 e. The summed E-state index contributed by atoms with van der Waals surface area (Å²) in [7, 11) is 0. The van der Waals surface area contributed by atoms with Gasteiger partial charge in [-0.25, -0.2) is 0 Å². The van der Waals surface area contributed by atoms with Gasteiger partial charge in [0.25, 0.3) is 5.56 Å². The summed E-state index contributed by atoms with van der Waals surface area (Å²) in [5.41, 5.74) is 11.0. The van der Waals surface area contributed by atoms with Crippen molar-refractivity contribution >= 4 is 0 Å². The monoisotopic (exact) mass is 282 g/mol. The van der Waals surface area contributed by atoms with Crippen LogP contribution in [0.3, 0.4) is 0 Å². The zero-order valence-electron chi connectivity index (χ0n) is 12.7. The SMILES string of the molecule is CCc1ccc(-c2cc(C)c(CN)c(=O)n2C2CC2)cc1. The summed E-state index contributed by atoms with van der Waals surface area (Å²) < 4.78 is 1.95. The van der Waals surface area contributed by atoms with E-state index in [0.717, 1.165) is 41.6 Å². The Kier molecular flexibility index (Phi) is 3.68. The smallest absolute Gasteiger partial charge is 0.256 e. The third-order valence-electron chi connectivity index (χ3n) is 4.34. The van der Waals surface area contributed by atoms with Crippen molar-refractivity contribution in [2.24, 2.45) is 5.73 Å². The largest absolute Gasteiger partial charge is 0.326 e. The van der Waals surface area contributed by atoms with Gasteiger partial charge in [-0.1, -0.05) is 31.2 Å². The van der Waals surface area contributed by atoms with Crippen molar-refractivity contribution in [1.29, 1.82) is 0 Å². The van der Waals surface area contributed by atoms with E-state index in [4.69, 9.17) is 5.73 Å². The molecule has 2 aromatic rings. The van der Waals surface area contributed by atoms with Gasteiger partial charge in [0.1, 0.15) is 0 Å². The van der Waals surface area contributed by atoms with Crippen LogP contribution < -0.4 is 11.3 Å². The molecule has 3 heteroatoms. The first kappa shape index (κ1) is 14.1. The molecule has 1 fully saturated rings. The van der Waals surface area contributed by atoms with Crippen LogP contribution in [0.1, 0.15) is 42.5 Å². The molecule has 3 rings (SSSR count). The van der Waals surface area contributed by atoms with E-state index >= 15 is 0 Å². The van der Waals surface area contributed by atoms with Crippen LogP contribution in [0, 0.1) is 6.92 Å². The number of benzene rings is 1. The highest BCUT2D eigenvalue weighted by Gasteiger charge is 2.28. The van der Waals surface area contributed by atoms with Gasteiger partial charge in [-0.05, 0) is 48.9 Å². The number of rotatable bonds is 4. The van der Waals surface area contributed by atoms with Gasteiger partial charge in [0, 0.05) is 18.2 Å². The molecule has 0 bridgehead atoms. The Balaban J connectivity index is 2.18. The lowest BCUT2D eigenvalue weighted by Crippen LogP contribution is -2.27. The van der Waals surface area contributed by atoms with Crippen LogP contribution in [-0.4, -0.2) is 4.57 Å². The summed E-state index contributed by atoms with van der Waals surface area (Å²) in [6.45, 7) is 4.44. The summed E-state index contributed by atoms with van der Waals surface area (Å²) in [5, 5.41) is 0. The summed E-state index contributed by atoms with van der Waals surface area (Å²) >= 11 is 0. The van der Waals surface area contributed by atoms with Gasteiger partial charge >= 0.3 is 0 Å². The van der Waals surface area contributed by atoms with E-state index < -0.39 is 0 Å². The fourth-order valence-corrected chi connectivity index (χ4v) is 2.86. The summed E-state index contributed by atoms with van der Waals surface area (Å²) in [4.78, 5) is 12.7. The van der Waals surface area contributed by atoms with Crippen molar-refractivity contribution in [3.8, 4) is 11.3 Å². The summed E-state index contributed by atoms with van der Waals surface area (Å²) in [6, 6.07) is 11.0. The normalized spacial score (nSPS) is 14.4. The third kappa shape index (κ3) is 2.54. The van der Waals surface area contributed by atoms with E-state index in [1.807, 2.05) is 11.5 Å². The first-order chi connectivity index (χ1) is 10.2. The quantitative estimate of drug-likeness (QED) is 0.936. The first-order valence-electron chi connectivity index (χ1n) is 7.70. The highest BCUT2D eigenvalue weighted by Crippen LogP contribution is 2.37. The molecule has 1 aliphatic carbocycles. The van der Waals surface area contributed by atoms with Crippen LogP contribution in [0.25, 0.3) is 11.3 Å². The van der Waals surface area contributed by atoms with Crippen LogP contribution >= 0.6 is 0 Å². The lowest BCUT2D eigenvalue weighted by molar-refractivity contribution is 0.701. The molecule has 0 aliphatic heterocycles. The average Bonchev–Trinajstić information content (AvgIpc) is 3.32. The van der Waals surface area contributed by atoms with Crippen LogP contribution in [-0.2, 0) is 13.0 Å². The fourth-order valence-electron chi connectivity index (χ4n) is 2.86. The molecule has 1 aromatic carbocycles. The minimum absolute atomic E-state index is 0.0922. The molecule has 1 heterocycles. The first-order valence-corrected chi connectivity index (χ1v) is 7.70. The Morgan fingerprint density at radius 1 is 1.24 bits per heavy atom. The molecule has 21 heavy (non-hydrogen) atoms. The van der Waals surface area contributed by atoms with Crippen molar-refractivity contribution in [3.05, 3.63) is 57.4 Å². The zero-order valence-corrected chi connectivity index (χ0v) is 12.7. The number of hydrogen-bond acceptors (Lipinski definition) is 2. The molecular weight excluding hydrogens is 260 g/mol. The standard InChI is InChI=1S/C18H22N2O/c1-3-13-4-6-14(7-5-13)17-10-12(2)16(11-19)18(21)20(17)15-8-9-15/h4-7,10,15H,3,8-9,11,19H2,1-2H3. The lowest BCUT2D eigenvalue weighted by Gasteiger charge is -2.16. The highest BCUT2D eigenvalue weighted by atomic mass is 16.1. The van der Waals surface area contributed by atoms with Crippen molar-refractivity contribution in [2.75, 3.05) is 0 Å². The summed E-state index contributed by atoms with van der Waals surface area (Å²) in [5.74, 6) is 0. The zero-order chi connectivity index (χ0) is 15.0. The Morgan fingerprint density at radius 3 is 2.43 bits per heavy atom. The second-order valence-corrected chi connectivity index (χ2v) is 5.85. The van der Waals surface area contributed by atoms with Crippen LogP contribution in [0.5, 0.6) is 0 Å². The minimum Gasteiger partial charge on any atom is -0.326 e. The fraction of sp³-hybridized carbons (Fsp3) is 0.389. The van der Waals surface area contributed by atoms with E-state index in [1.54, 1.807) is 0 Å². The molecule has 0 atom stereocenters. The average molecular weight is 282 g/mol. The molecule has 110 valence electrons. The second-order valence-electron chi connectivity index (χ2n) is 5.85. The molecule has 0 unspecified atom stereocenters. The molecule has 0 spiro atoms. The van der Waals surface area contributed by atoms with E-state index in [2.05, 4.69) is 37.3 Å². The Bertz CT molecular complexity index is 709. The minimum atomic E-state index is 0.0922. The predicted octanol–water partition coefficient (Wildman–Crippen LogP) is 3.18. The van der Waals surface area contributed by atoms with Crippen LogP contribution in [0.15, 0.2) is 35.1 Å². The van der Waals surface area contributed by atoms with Crippen molar-refractivity contribution in [3.63, 3.8) is 0 Å². The van der Waals surface area contributed by atoms with Gasteiger partial charge in [-0.3, -0.25) is 4.79 Å². The molecule has 1 saturated carbocycles. The molecule has 0 radical (unpaired) electrons. The number of nitrogens with zero attached hydrogens (tertiary/aromatic N) is 1. The molecule has 1 aromatic heterocycles. The van der Waals surface area contributed by atoms with Crippen molar-refractivity contribution in [1.82, 2.24) is 4.57 Å². The van der Waals surface area contributed by atoms with Gasteiger partial charge in [0.05, 0.1) is 5.69 Å². The Morgan fingerprint density at radius 2 is 1.90 bits per heavy atom. The number of pyridine rings is 1. The maximum absolute atomic E-state index is 12.7. The third-order valence-corrected chi connectivity index (χ3v) is 4.34. The maximum atomic E-state index is 12.7. The molecule has 1 aliphatic rings. The number of aryl methyl sites for hydroxylation is 2. The number of aromatic nitrogens is 1. The van der Waals surface area contributed by atoms with Crippen LogP contribution in [0.2, 0.25) is 0 Å². The van der Waals surface area contributed by atoms with E-state index in [-0.39, 0.29) is 5.56 Å². The van der Waals surface area contributed by atoms with Crippen LogP contribution in [0.4, 0.5) is 0 Å². The number of nitrogens with two attached hydrogens (primary N) is 1. The van der Waals surface area contributed by atoms with Gasteiger partial charge in [0.2, 0.25) is 0 Å². The lowest BCUT2D eigenvalue weighted by atomic mass is 10.0. The number of hydrogen-bond donors (Lipinski definition) is 1. The van der Waals surface area contributed by atoms with Gasteiger partial charge < -0.3 is 10.3 Å². The highest BCUT2D eigenvalue weighted by molar-refractivity contribution is 5.62. The topological polar surface area (TPSA) is 48.0 Å². The van der Waals surface area contributed by atoms with Gasteiger partial charge in [-0.15, -0.1) is 0 Å². The summed E-state index contributed by atoms with van der Waals surface area (Å²) in [6.07, 6.45) is 3.21.